The van der Waals surface area contributed by atoms with Crippen molar-refractivity contribution in [1.82, 2.24) is 4.98 Å². The van der Waals surface area contributed by atoms with Gasteiger partial charge in [0.25, 0.3) is 0 Å². The number of nitrogens with zero attached hydrogens (tertiary/aromatic N) is 2. The molecule has 0 bridgehead atoms. The maximum Gasteiger partial charge on any atom is 0.148 e. The lowest BCUT2D eigenvalue weighted by Gasteiger charge is -2.20. The minimum absolute atomic E-state index is 0.0961. The lowest BCUT2D eigenvalue weighted by molar-refractivity contribution is 0.414. The Morgan fingerprint density at radius 1 is 1.37 bits per heavy atom. The summed E-state index contributed by atoms with van der Waals surface area (Å²) in [4.78, 5) is 6.11. The molecule has 1 heterocycles. The number of anilines is 1. The highest BCUT2D eigenvalue weighted by Crippen LogP contribution is 2.28. The van der Waals surface area contributed by atoms with E-state index in [1.807, 2.05) is 35.2 Å². The fourth-order valence-electron chi connectivity index (χ4n) is 1.66. The first-order valence-electron chi connectivity index (χ1n) is 6.33. The summed E-state index contributed by atoms with van der Waals surface area (Å²) in [6.07, 6.45) is 1.71. The second-order valence-electron chi connectivity index (χ2n) is 3.98. The summed E-state index contributed by atoms with van der Waals surface area (Å²) in [7, 11) is 1.74. The molecule has 0 saturated heterocycles. The Hall–Kier alpha value is -1.01. The van der Waals surface area contributed by atoms with Crippen LogP contribution in [0.3, 0.4) is 0 Å². The maximum absolute atomic E-state index is 7.69. The third-order valence-electron chi connectivity index (χ3n) is 2.66. The number of methoxy groups -OCH3 is 1. The normalized spacial score (nSPS) is 11.0. The molecule has 0 radical (unpaired) electrons. The van der Waals surface area contributed by atoms with E-state index in [1.165, 1.54) is 0 Å². The maximum atomic E-state index is 7.69. The Bertz CT molecular complexity index is 580. The topological polar surface area (TPSA) is 25.4 Å². The third-order valence-corrected chi connectivity index (χ3v) is 4.25. The summed E-state index contributed by atoms with van der Waals surface area (Å²) >= 11 is 8.43. The Morgan fingerprint density at radius 2 is 2.11 bits per heavy atom. The highest BCUT2D eigenvalue weighted by atomic mass is 127. The van der Waals surface area contributed by atoms with Crippen molar-refractivity contribution in [1.29, 1.82) is 0 Å². The van der Waals surface area contributed by atoms with Crippen LogP contribution in [0.25, 0.3) is 0 Å². The number of hydrogen-bond acceptors (Lipinski definition) is 3. The van der Waals surface area contributed by atoms with E-state index in [2.05, 4.69) is 27.6 Å². The van der Waals surface area contributed by atoms with Crippen molar-refractivity contribution >= 4 is 40.0 Å². The first-order valence-corrected chi connectivity index (χ1v) is 7.08. The molecule has 0 amide bonds. The number of aromatic nitrogens is 1. The molecule has 100 valence electrons. The molecule has 2 rings (SSSR count). The smallest absolute Gasteiger partial charge is 0.148 e. The van der Waals surface area contributed by atoms with E-state index in [0.29, 0.717) is 17.4 Å². The molecular formula is C14H14ClIN2O. The first kappa shape index (κ1) is 13.0. The van der Waals surface area contributed by atoms with Crippen molar-refractivity contribution in [3.63, 3.8) is 0 Å². The zero-order valence-corrected chi connectivity index (χ0v) is 13.4. The van der Waals surface area contributed by atoms with Crippen LogP contribution in [0, 0.1) is 3.57 Å². The van der Waals surface area contributed by atoms with Gasteiger partial charge in [0, 0.05) is 24.7 Å². The molecule has 0 spiro atoms. The van der Waals surface area contributed by atoms with Crippen LogP contribution in [-0.4, -0.2) is 19.1 Å². The molecule has 0 N–H and O–H groups in total. The molecule has 5 heteroatoms. The van der Waals surface area contributed by atoms with E-state index in [1.54, 1.807) is 13.3 Å². The SMILES string of the molecule is [2H]CN(Cc1ccc(OC)cc1)c1nccc(I)c1Cl. The van der Waals surface area contributed by atoms with E-state index < -0.39 is 0 Å². The molecule has 0 aliphatic heterocycles. The quantitative estimate of drug-likeness (QED) is 0.740. The van der Waals surface area contributed by atoms with E-state index in [-0.39, 0.29) is 7.02 Å². The molecule has 2 aromatic rings. The molecule has 0 aliphatic carbocycles. The molecular weight excluding hydrogens is 375 g/mol. The fourth-order valence-corrected chi connectivity index (χ4v) is 2.29. The zero-order valence-electron chi connectivity index (χ0n) is 11.4. The lowest BCUT2D eigenvalue weighted by Crippen LogP contribution is -2.18. The average Bonchev–Trinajstić information content (AvgIpc) is 2.48. The van der Waals surface area contributed by atoms with Gasteiger partial charge in [-0.25, -0.2) is 4.98 Å². The summed E-state index contributed by atoms with van der Waals surface area (Å²) in [5.74, 6) is 1.46. The van der Waals surface area contributed by atoms with Gasteiger partial charge >= 0.3 is 0 Å². The number of pyridine rings is 1. The second-order valence-corrected chi connectivity index (χ2v) is 5.52. The van der Waals surface area contributed by atoms with E-state index in [4.69, 9.17) is 17.7 Å². The van der Waals surface area contributed by atoms with E-state index in [0.717, 1.165) is 14.9 Å². The summed E-state index contributed by atoms with van der Waals surface area (Å²) in [5.41, 5.74) is 1.08. The van der Waals surface area contributed by atoms with Crippen LogP contribution in [0.1, 0.15) is 6.93 Å². The van der Waals surface area contributed by atoms with Gasteiger partial charge in [-0.1, -0.05) is 23.7 Å². The zero-order chi connectivity index (χ0) is 14.5. The molecule has 0 atom stereocenters. The fraction of sp³-hybridized carbons (Fsp3) is 0.214. The van der Waals surface area contributed by atoms with Crippen LogP contribution in [0.2, 0.25) is 5.02 Å². The van der Waals surface area contributed by atoms with Crippen LogP contribution in [-0.2, 0) is 6.54 Å². The van der Waals surface area contributed by atoms with Crippen molar-refractivity contribution in [2.24, 2.45) is 0 Å². The number of rotatable bonds is 4. The highest BCUT2D eigenvalue weighted by Gasteiger charge is 2.10. The Balaban J connectivity index is 2.21. The Morgan fingerprint density at radius 3 is 2.74 bits per heavy atom. The second kappa shape index (κ2) is 6.43. The van der Waals surface area contributed by atoms with Gasteiger partial charge in [0.2, 0.25) is 0 Å². The van der Waals surface area contributed by atoms with Gasteiger partial charge in [-0.15, -0.1) is 0 Å². The molecule has 1 aromatic carbocycles. The number of halogens is 2. The van der Waals surface area contributed by atoms with Crippen molar-refractivity contribution < 1.29 is 6.11 Å². The Kier molecular flexibility index (Phi) is 4.40. The van der Waals surface area contributed by atoms with Gasteiger partial charge in [0.1, 0.15) is 11.6 Å². The largest absolute Gasteiger partial charge is 0.497 e. The molecule has 0 aliphatic rings. The van der Waals surface area contributed by atoms with Crippen molar-refractivity contribution in [2.45, 2.75) is 6.54 Å². The van der Waals surface area contributed by atoms with Crippen LogP contribution >= 0.6 is 34.2 Å². The van der Waals surface area contributed by atoms with Crippen LogP contribution < -0.4 is 9.64 Å². The summed E-state index contributed by atoms with van der Waals surface area (Å²) in [6, 6.07) is 9.61. The number of benzene rings is 1. The Labute approximate surface area is 133 Å². The number of hydrogen-bond donors (Lipinski definition) is 0. The van der Waals surface area contributed by atoms with Crippen molar-refractivity contribution in [2.75, 3.05) is 19.0 Å². The van der Waals surface area contributed by atoms with Crippen LogP contribution in [0.15, 0.2) is 36.5 Å². The minimum Gasteiger partial charge on any atom is -0.497 e. The van der Waals surface area contributed by atoms with Gasteiger partial charge in [0.15, 0.2) is 0 Å². The van der Waals surface area contributed by atoms with Crippen molar-refractivity contribution in [3.8, 4) is 5.75 Å². The standard InChI is InChI=1S/C14H14ClIN2O/c1-18(14-13(15)12(16)7-8-17-14)9-10-3-5-11(19-2)6-4-10/h3-8H,9H2,1-2H3/i1D. The van der Waals surface area contributed by atoms with Gasteiger partial charge in [-0.3, -0.25) is 0 Å². The summed E-state index contributed by atoms with van der Waals surface area (Å²) in [6.45, 7) is 0.584. The minimum atomic E-state index is 0.0961. The third kappa shape index (κ3) is 3.51. The summed E-state index contributed by atoms with van der Waals surface area (Å²) < 4.78 is 13.8. The molecule has 0 unspecified atom stereocenters. The van der Waals surface area contributed by atoms with Crippen LogP contribution in [0.5, 0.6) is 5.75 Å². The first-order chi connectivity index (χ1) is 9.65. The van der Waals surface area contributed by atoms with E-state index in [9.17, 15) is 0 Å². The lowest BCUT2D eigenvalue weighted by atomic mass is 10.2. The van der Waals surface area contributed by atoms with Gasteiger partial charge in [-0.2, -0.15) is 0 Å². The van der Waals surface area contributed by atoms with Gasteiger partial charge in [0.05, 0.1) is 12.1 Å². The predicted octanol–water partition coefficient (Wildman–Crippen LogP) is 3.98. The highest BCUT2D eigenvalue weighted by molar-refractivity contribution is 14.1. The average molecular weight is 390 g/mol. The monoisotopic (exact) mass is 389 g/mol. The predicted molar refractivity (Wildman–Crippen MR) is 87.1 cm³/mol. The molecule has 3 nitrogen and oxygen atoms in total. The molecule has 0 saturated carbocycles. The summed E-state index contributed by atoms with van der Waals surface area (Å²) in [5, 5.41) is 0.592. The van der Waals surface area contributed by atoms with Crippen LogP contribution in [0.4, 0.5) is 5.82 Å². The van der Waals surface area contributed by atoms with Gasteiger partial charge < -0.3 is 9.64 Å². The number of ether oxygens (including phenoxy) is 1. The van der Waals surface area contributed by atoms with Crippen molar-refractivity contribution in [3.05, 3.63) is 50.7 Å². The van der Waals surface area contributed by atoms with Gasteiger partial charge in [-0.05, 0) is 46.4 Å². The molecule has 1 aromatic heterocycles. The molecule has 0 fully saturated rings. The van der Waals surface area contributed by atoms with E-state index >= 15 is 0 Å². The molecule has 19 heavy (non-hydrogen) atoms.